The van der Waals surface area contributed by atoms with Gasteiger partial charge in [-0.15, -0.1) is 0 Å². The van der Waals surface area contributed by atoms with E-state index in [0.717, 1.165) is 19.5 Å². The van der Waals surface area contributed by atoms with E-state index in [1.165, 1.54) is 12.1 Å². The first kappa shape index (κ1) is 20.6. The molecule has 3 rings (SSSR count). The summed E-state index contributed by atoms with van der Waals surface area (Å²) in [4.78, 5) is 16.7. The third kappa shape index (κ3) is 4.84. The molecule has 150 valence electrons. The third-order valence-corrected chi connectivity index (χ3v) is 6.57. The molecule has 0 aliphatic carbocycles. The van der Waals surface area contributed by atoms with Gasteiger partial charge in [-0.3, -0.25) is 9.52 Å². The van der Waals surface area contributed by atoms with Gasteiger partial charge < -0.3 is 9.80 Å². The molecule has 1 aliphatic heterocycles. The highest BCUT2D eigenvalue weighted by Gasteiger charge is 2.24. The molecule has 28 heavy (non-hydrogen) atoms. The Balaban J connectivity index is 1.75. The number of nitrogens with one attached hydrogen (secondary N) is 1. The van der Waals surface area contributed by atoms with Crippen LogP contribution in [0.25, 0.3) is 0 Å². The van der Waals surface area contributed by atoms with Crippen LogP contribution in [0.5, 0.6) is 0 Å². The van der Waals surface area contributed by atoms with Gasteiger partial charge in [0, 0.05) is 25.7 Å². The van der Waals surface area contributed by atoms with E-state index in [0.29, 0.717) is 28.7 Å². The average Bonchev–Trinajstić information content (AvgIpc) is 3.07. The van der Waals surface area contributed by atoms with Gasteiger partial charge in [-0.1, -0.05) is 29.8 Å². The summed E-state index contributed by atoms with van der Waals surface area (Å²) in [5, 5.41) is 0.305. The highest BCUT2D eigenvalue weighted by molar-refractivity contribution is 7.92. The number of rotatable bonds is 6. The number of benzene rings is 2. The number of para-hydroxylation sites is 1. The topological polar surface area (TPSA) is 69.7 Å². The summed E-state index contributed by atoms with van der Waals surface area (Å²) >= 11 is 6.04. The summed E-state index contributed by atoms with van der Waals surface area (Å²) in [6.07, 6.45) is 1.06. The molecule has 0 aromatic heterocycles. The van der Waals surface area contributed by atoms with Crippen molar-refractivity contribution in [3.05, 3.63) is 59.1 Å². The molecule has 1 heterocycles. The molecular weight excluding hydrogens is 398 g/mol. The minimum Gasteiger partial charge on any atom is -0.341 e. The van der Waals surface area contributed by atoms with Crippen molar-refractivity contribution in [2.75, 3.05) is 38.5 Å². The molecule has 1 N–H and O–H groups in total. The third-order valence-electron chi connectivity index (χ3n) is 4.88. The van der Waals surface area contributed by atoms with Crippen molar-refractivity contribution >= 4 is 33.2 Å². The van der Waals surface area contributed by atoms with Crippen molar-refractivity contribution in [3.63, 3.8) is 0 Å². The fraction of sp³-hybridized carbons (Fsp3) is 0.350. The lowest BCUT2D eigenvalue weighted by atomic mass is 10.1. The minimum absolute atomic E-state index is 0.0206. The number of halogens is 1. The van der Waals surface area contributed by atoms with Gasteiger partial charge in [-0.05, 0) is 56.3 Å². The number of nitrogens with zero attached hydrogens (tertiary/aromatic N) is 2. The van der Waals surface area contributed by atoms with Crippen LogP contribution in [-0.2, 0) is 10.0 Å². The van der Waals surface area contributed by atoms with Crippen LogP contribution in [0.4, 0.5) is 5.69 Å². The fourth-order valence-electron chi connectivity index (χ4n) is 3.41. The van der Waals surface area contributed by atoms with E-state index >= 15 is 0 Å². The number of carbonyl (C=O) groups excluding carboxylic acids is 1. The van der Waals surface area contributed by atoms with Gasteiger partial charge in [0.25, 0.3) is 15.9 Å². The number of anilines is 1. The maximum Gasteiger partial charge on any atom is 0.261 e. The van der Waals surface area contributed by atoms with Crippen LogP contribution >= 0.6 is 11.6 Å². The average molecular weight is 422 g/mol. The summed E-state index contributed by atoms with van der Waals surface area (Å²) in [6, 6.07) is 12.7. The first-order valence-electron chi connectivity index (χ1n) is 9.07. The molecule has 0 spiro atoms. The van der Waals surface area contributed by atoms with Crippen LogP contribution < -0.4 is 4.72 Å². The molecule has 2 aromatic rings. The first-order valence-corrected chi connectivity index (χ1v) is 10.9. The molecule has 1 fully saturated rings. The summed E-state index contributed by atoms with van der Waals surface area (Å²) in [6.45, 7) is 2.65. The molecule has 1 unspecified atom stereocenters. The molecule has 1 aliphatic rings. The van der Waals surface area contributed by atoms with Gasteiger partial charge in [0.2, 0.25) is 0 Å². The number of hydrogen-bond donors (Lipinski definition) is 1. The van der Waals surface area contributed by atoms with E-state index in [9.17, 15) is 13.2 Å². The Kier molecular flexibility index (Phi) is 6.27. The standard InChI is InChI=1S/C20H24ClN3O3S/c1-23-11-10-15(13-23)14-24(2)20(25)16-6-5-7-17(12-16)28(26,27)22-19-9-4-3-8-18(19)21/h3-9,12,15,22H,10-11,13-14H2,1-2H3. The predicted octanol–water partition coefficient (Wildman–Crippen LogP) is 3.16. The van der Waals surface area contributed by atoms with Crippen molar-refractivity contribution in [2.24, 2.45) is 5.92 Å². The van der Waals surface area contributed by atoms with Gasteiger partial charge in [-0.25, -0.2) is 8.42 Å². The number of hydrogen-bond acceptors (Lipinski definition) is 4. The maximum absolute atomic E-state index is 12.8. The number of carbonyl (C=O) groups is 1. The molecule has 2 aromatic carbocycles. The normalized spacial score (nSPS) is 17.5. The quantitative estimate of drug-likeness (QED) is 0.777. The van der Waals surface area contributed by atoms with E-state index in [1.807, 2.05) is 0 Å². The Morgan fingerprint density at radius 2 is 2.00 bits per heavy atom. The Labute approximate surface area is 171 Å². The summed E-state index contributed by atoms with van der Waals surface area (Å²) < 4.78 is 27.9. The van der Waals surface area contributed by atoms with Gasteiger partial charge in [0.1, 0.15) is 0 Å². The Bertz CT molecular complexity index is 965. The largest absolute Gasteiger partial charge is 0.341 e. The highest BCUT2D eigenvalue weighted by Crippen LogP contribution is 2.24. The van der Waals surface area contributed by atoms with Crippen molar-refractivity contribution in [3.8, 4) is 0 Å². The van der Waals surface area contributed by atoms with E-state index < -0.39 is 10.0 Å². The lowest BCUT2D eigenvalue weighted by Gasteiger charge is -2.21. The van der Waals surface area contributed by atoms with Gasteiger partial charge >= 0.3 is 0 Å². The number of likely N-dealkylation sites (tertiary alicyclic amines) is 1. The van der Waals surface area contributed by atoms with Crippen LogP contribution in [0.1, 0.15) is 16.8 Å². The molecule has 6 nitrogen and oxygen atoms in total. The van der Waals surface area contributed by atoms with Gasteiger partial charge in [0.15, 0.2) is 0 Å². The van der Waals surface area contributed by atoms with Crippen LogP contribution in [0.15, 0.2) is 53.4 Å². The van der Waals surface area contributed by atoms with Crippen LogP contribution in [0.2, 0.25) is 5.02 Å². The second-order valence-corrected chi connectivity index (χ2v) is 9.31. The van der Waals surface area contributed by atoms with Crippen molar-refractivity contribution in [1.29, 1.82) is 0 Å². The molecule has 1 atom stereocenters. The lowest BCUT2D eigenvalue weighted by Crippen LogP contribution is -2.33. The monoisotopic (exact) mass is 421 g/mol. The molecule has 8 heteroatoms. The zero-order valence-electron chi connectivity index (χ0n) is 15.9. The molecule has 1 saturated heterocycles. The summed E-state index contributed by atoms with van der Waals surface area (Å²) in [7, 11) is -0.0337. The minimum atomic E-state index is -3.86. The highest BCUT2D eigenvalue weighted by atomic mass is 35.5. The summed E-state index contributed by atoms with van der Waals surface area (Å²) in [5.41, 5.74) is 0.638. The Morgan fingerprint density at radius 3 is 2.68 bits per heavy atom. The predicted molar refractivity (Wildman–Crippen MR) is 111 cm³/mol. The first-order chi connectivity index (χ1) is 13.3. The van der Waals surface area contributed by atoms with Crippen LogP contribution in [-0.4, -0.2) is 57.9 Å². The van der Waals surface area contributed by atoms with E-state index in [1.54, 1.807) is 48.3 Å². The number of sulfonamides is 1. The van der Waals surface area contributed by atoms with Crippen molar-refractivity contribution in [2.45, 2.75) is 11.3 Å². The molecular formula is C20H24ClN3O3S. The van der Waals surface area contributed by atoms with Gasteiger partial charge in [0.05, 0.1) is 15.6 Å². The van der Waals surface area contributed by atoms with E-state index in [2.05, 4.69) is 16.7 Å². The second kappa shape index (κ2) is 8.51. The van der Waals surface area contributed by atoms with E-state index in [4.69, 9.17) is 11.6 Å². The Hall–Kier alpha value is -2.09. The molecule has 1 amide bonds. The van der Waals surface area contributed by atoms with Crippen LogP contribution in [0, 0.1) is 5.92 Å². The smallest absolute Gasteiger partial charge is 0.261 e. The summed E-state index contributed by atoms with van der Waals surface area (Å²) in [5.74, 6) is 0.247. The molecule has 0 saturated carbocycles. The Morgan fingerprint density at radius 1 is 1.25 bits per heavy atom. The molecule has 0 radical (unpaired) electrons. The fourth-order valence-corrected chi connectivity index (χ4v) is 4.77. The lowest BCUT2D eigenvalue weighted by molar-refractivity contribution is 0.0774. The zero-order chi connectivity index (χ0) is 20.3. The second-order valence-electron chi connectivity index (χ2n) is 7.22. The van der Waals surface area contributed by atoms with Crippen LogP contribution in [0.3, 0.4) is 0 Å². The number of amides is 1. The maximum atomic E-state index is 12.8. The SMILES string of the molecule is CN1CCC(CN(C)C(=O)c2cccc(S(=O)(=O)Nc3ccccc3Cl)c2)C1. The van der Waals surface area contributed by atoms with Crippen molar-refractivity contribution in [1.82, 2.24) is 9.80 Å². The van der Waals surface area contributed by atoms with E-state index in [-0.39, 0.29) is 10.8 Å². The van der Waals surface area contributed by atoms with Gasteiger partial charge in [-0.2, -0.15) is 0 Å². The van der Waals surface area contributed by atoms with Crippen molar-refractivity contribution < 1.29 is 13.2 Å². The zero-order valence-corrected chi connectivity index (χ0v) is 17.5. The molecule has 0 bridgehead atoms.